The molecule has 9 heteroatoms. The lowest BCUT2D eigenvalue weighted by Crippen LogP contribution is -2.54. The summed E-state index contributed by atoms with van der Waals surface area (Å²) in [4.78, 5) is 17.3. The minimum absolute atomic E-state index is 0.0573. The molecule has 0 spiro atoms. The van der Waals surface area contributed by atoms with Crippen LogP contribution in [0.2, 0.25) is 0 Å². The number of halogens is 2. The van der Waals surface area contributed by atoms with Gasteiger partial charge in [-0.1, -0.05) is 6.92 Å². The number of ether oxygens (including phenoxy) is 3. The molecule has 0 radical (unpaired) electrons. The Morgan fingerprint density at radius 3 is 2.68 bits per heavy atom. The van der Waals surface area contributed by atoms with Crippen molar-refractivity contribution >= 4 is 11.4 Å². The Morgan fingerprint density at radius 1 is 1.26 bits per heavy atom. The quantitative estimate of drug-likeness (QED) is 0.437. The highest BCUT2D eigenvalue weighted by atomic mass is 19.3. The fourth-order valence-corrected chi connectivity index (χ4v) is 4.23. The zero-order valence-electron chi connectivity index (χ0n) is 19.1. The van der Waals surface area contributed by atoms with Gasteiger partial charge in [0.2, 0.25) is 0 Å². The number of ketones is 1. The third-order valence-electron chi connectivity index (χ3n) is 6.42. The van der Waals surface area contributed by atoms with Gasteiger partial charge in [0.25, 0.3) is 0 Å². The predicted octanol–water partition coefficient (Wildman–Crippen LogP) is 4.58. The number of hydrogen-bond acceptors (Lipinski definition) is 6. The minimum Gasteiger partial charge on any atom is -0.496 e. The Morgan fingerprint density at radius 2 is 2.03 bits per heavy atom. The molecular weight excluding hydrogens is 444 g/mol. The van der Waals surface area contributed by atoms with E-state index >= 15 is 0 Å². The van der Waals surface area contributed by atoms with Gasteiger partial charge in [0.05, 0.1) is 25.6 Å². The van der Waals surface area contributed by atoms with Crippen molar-refractivity contribution in [1.82, 2.24) is 14.7 Å². The number of rotatable bonds is 10. The topological polar surface area (TPSA) is 74.1 Å². The lowest BCUT2D eigenvalue weighted by Gasteiger charge is -2.38. The van der Waals surface area contributed by atoms with Gasteiger partial charge in [0.15, 0.2) is 5.78 Å². The third kappa shape index (κ3) is 4.57. The number of hydrogen-bond donors (Lipinski definition) is 1. The van der Waals surface area contributed by atoms with Crippen LogP contribution in [0.4, 0.5) is 8.78 Å². The maximum Gasteiger partial charge on any atom is 0.387 e. The molecule has 2 fully saturated rings. The Hall–Kier alpha value is -3.20. The van der Waals surface area contributed by atoms with Crippen molar-refractivity contribution in [3.05, 3.63) is 42.2 Å². The molecule has 180 valence electrons. The lowest BCUT2D eigenvalue weighted by molar-refractivity contribution is -0.0502. The summed E-state index contributed by atoms with van der Waals surface area (Å²) in [7, 11) is 1.41. The van der Waals surface area contributed by atoms with E-state index in [-0.39, 0.29) is 28.3 Å². The van der Waals surface area contributed by atoms with Crippen LogP contribution < -0.4 is 19.5 Å². The Balaban J connectivity index is 1.48. The summed E-state index contributed by atoms with van der Waals surface area (Å²) >= 11 is 0. The van der Waals surface area contributed by atoms with Crippen LogP contribution in [0.3, 0.4) is 0 Å². The summed E-state index contributed by atoms with van der Waals surface area (Å²) in [5.41, 5.74) is 2.03. The first-order chi connectivity index (χ1) is 16.3. The minimum atomic E-state index is -3.07. The van der Waals surface area contributed by atoms with Crippen LogP contribution >= 0.6 is 0 Å². The van der Waals surface area contributed by atoms with Crippen molar-refractivity contribution in [2.24, 2.45) is 11.3 Å². The first kappa shape index (κ1) is 22.6. The van der Waals surface area contributed by atoms with Crippen molar-refractivity contribution in [1.29, 1.82) is 0 Å². The monoisotopic (exact) mass is 471 g/mol. The van der Waals surface area contributed by atoms with Crippen LogP contribution in [0.5, 0.6) is 17.2 Å². The number of nitrogens with zero attached hydrogens (tertiary/aromatic N) is 2. The van der Waals surface area contributed by atoms with E-state index in [2.05, 4.69) is 17.2 Å². The molecule has 1 saturated carbocycles. The van der Waals surface area contributed by atoms with Gasteiger partial charge >= 0.3 is 6.61 Å². The second kappa shape index (κ2) is 8.87. The second-order valence-electron chi connectivity index (χ2n) is 9.44. The molecule has 2 aliphatic rings. The SMILES string of the molecule is COc1cc(-c2cnc3cc(OCC4(C)CNC4)ccn23)cc(OC(F)F)c1C(=O)CC1CC1. The van der Waals surface area contributed by atoms with E-state index in [9.17, 15) is 13.6 Å². The van der Waals surface area contributed by atoms with E-state index < -0.39 is 6.61 Å². The number of carbonyl (C=O) groups excluding carboxylic acids is 1. The highest BCUT2D eigenvalue weighted by Gasteiger charge is 2.32. The van der Waals surface area contributed by atoms with E-state index in [1.54, 1.807) is 12.3 Å². The number of Topliss-reactive ketones (excluding diaryl/α,β-unsaturated/α-hetero) is 1. The van der Waals surface area contributed by atoms with Crippen molar-refractivity contribution in [2.75, 3.05) is 26.8 Å². The summed E-state index contributed by atoms with van der Waals surface area (Å²) < 4.78 is 44.4. The Kier molecular flexibility index (Phi) is 5.89. The molecule has 0 amide bonds. The highest BCUT2D eigenvalue weighted by Crippen LogP contribution is 2.40. The predicted molar refractivity (Wildman–Crippen MR) is 122 cm³/mol. The molecule has 1 aromatic carbocycles. The molecule has 0 atom stereocenters. The summed E-state index contributed by atoms with van der Waals surface area (Å²) in [6, 6.07) is 6.79. The van der Waals surface area contributed by atoms with E-state index in [0.717, 1.165) is 25.9 Å². The lowest BCUT2D eigenvalue weighted by atomic mass is 9.85. The zero-order chi connectivity index (χ0) is 23.9. The smallest absolute Gasteiger partial charge is 0.387 e. The van der Waals surface area contributed by atoms with Crippen LogP contribution in [-0.4, -0.2) is 48.6 Å². The number of methoxy groups -OCH3 is 1. The molecular formula is C25H27F2N3O4. The fourth-order valence-electron chi connectivity index (χ4n) is 4.23. The van der Waals surface area contributed by atoms with E-state index in [1.807, 2.05) is 22.7 Å². The van der Waals surface area contributed by atoms with Crippen LogP contribution in [-0.2, 0) is 0 Å². The molecule has 34 heavy (non-hydrogen) atoms. The first-order valence-corrected chi connectivity index (χ1v) is 11.4. The summed E-state index contributed by atoms with van der Waals surface area (Å²) in [5, 5.41) is 3.25. The third-order valence-corrected chi connectivity index (χ3v) is 6.42. The zero-order valence-corrected chi connectivity index (χ0v) is 19.1. The number of imidazole rings is 1. The van der Waals surface area contributed by atoms with Crippen molar-refractivity contribution in [2.45, 2.75) is 32.8 Å². The summed E-state index contributed by atoms with van der Waals surface area (Å²) in [6.45, 7) is 1.55. The Bertz CT molecular complexity index is 1220. The average molecular weight is 472 g/mol. The summed E-state index contributed by atoms with van der Waals surface area (Å²) in [5.74, 6) is 0.771. The molecule has 1 saturated heterocycles. The van der Waals surface area contributed by atoms with Gasteiger partial charge in [-0.2, -0.15) is 8.78 Å². The van der Waals surface area contributed by atoms with Crippen molar-refractivity contribution in [3.63, 3.8) is 0 Å². The van der Waals surface area contributed by atoms with Gasteiger partial charge < -0.3 is 19.5 Å². The summed E-state index contributed by atoms with van der Waals surface area (Å²) in [6.07, 6.45) is 5.70. The number of benzene rings is 1. The molecule has 1 aliphatic carbocycles. The van der Waals surface area contributed by atoms with Gasteiger partial charge in [-0.3, -0.25) is 9.20 Å². The number of fused-ring (bicyclic) bond motifs is 1. The molecule has 3 heterocycles. The van der Waals surface area contributed by atoms with Crippen molar-refractivity contribution < 1.29 is 27.8 Å². The number of aromatic nitrogens is 2. The maximum absolute atomic E-state index is 13.2. The van der Waals surface area contributed by atoms with Crippen LogP contribution in [0, 0.1) is 11.3 Å². The standard InChI is InChI=1S/C25H27F2N3O4/c1-25(12-28-13-25)14-33-17-5-6-30-18(11-29-22(30)10-17)16-8-20(32-2)23(19(31)7-15-3-4-15)21(9-16)34-24(26)27/h5-6,8-11,15,24,28H,3-4,7,12-14H2,1-2H3. The van der Waals surface area contributed by atoms with Crippen LogP contribution in [0.1, 0.15) is 36.5 Å². The second-order valence-corrected chi connectivity index (χ2v) is 9.44. The average Bonchev–Trinajstić information content (AvgIpc) is 3.50. The van der Waals surface area contributed by atoms with Crippen LogP contribution in [0.15, 0.2) is 36.7 Å². The maximum atomic E-state index is 13.2. The molecule has 0 bridgehead atoms. The molecule has 7 nitrogen and oxygen atoms in total. The van der Waals surface area contributed by atoms with E-state index in [4.69, 9.17) is 14.2 Å². The molecule has 1 N–H and O–H groups in total. The van der Waals surface area contributed by atoms with Gasteiger partial charge in [-0.15, -0.1) is 0 Å². The largest absolute Gasteiger partial charge is 0.496 e. The van der Waals surface area contributed by atoms with Gasteiger partial charge in [0.1, 0.15) is 28.5 Å². The molecule has 0 unspecified atom stereocenters. The number of nitrogens with one attached hydrogen (secondary N) is 1. The molecule has 5 rings (SSSR count). The molecule has 3 aromatic rings. The normalized spacial score (nSPS) is 17.0. The molecule has 1 aliphatic heterocycles. The van der Waals surface area contributed by atoms with E-state index in [1.165, 1.54) is 13.2 Å². The molecule has 2 aromatic heterocycles. The number of alkyl halides is 2. The first-order valence-electron chi connectivity index (χ1n) is 11.4. The van der Waals surface area contributed by atoms with Gasteiger partial charge in [-0.25, -0.2) is 4.98 Å². The highest BCUT2D eigenvalue weighted by molar-refractivity contribution is 6.02. The Labute approximate surface area is 196 Å². The van der Waals surface area contributed by atoms with Crippen molar-refractivity contribution in [3.8, 4) is 28.5 Å². The fraction of sp³-hybridized carbons (Fsp3) is 0.440. The van der Waals surface area contributed by atoms with E-state index in [0.29, 0.717) is 41.6 Å². The number of pyridine rings is 1. The van der Waals surface area contributed by atoms with Gasteiger partial charge in [0, 0.05) is 42.8 Å². The van der Waals surface area contributed by atoms with Gasteiger partial charge in [-0.05, 0) is 37.0 Å². The number of carbonyl (C=O) groups is 1. The van der Waals surface area contributed by atoms with Crippen LogP contribution in [0.25, 0.3) is 16.9 Å².